The molecule has 0 bridgehead atoms. The van der Waals surface area contributed by atoms with Gasteiger partial charge in [-0.05, 0) is 191 Å². The number of anilines is 2. The molecular weight excluding hydrogens is 1270 g/mol. The van der Waals surface area contributed by atoms with Gasteiger partial charge < -0.3 is 59.9 Å². The second-order valence-corrected chi connectivity index (χ2v) is 24.7. The molecule has 0 aliphatic carbocycles. The number of nitrogens with two attached hydrogens (primary N) is 2. The maximum absolute atomic E-state index is 12.9. The van der Waals surface area contributed by atoms with Crippen LogP contribution >= 0.6 is 0 Å². The van der Waals surface area contributed by atoms with Crippen molar-refractivity contribution >= 4 is 29.1 Å². The first-order valence-electron chi connectivity index (χ1n) is 33.5. The number of likely N-dealkylation sites (tertiary alicyclic amines) is 3. The number of nitrogen functional groups attached to an aromatic ring is 2. The first-order valence-corrected chi connectivity index (χ1v) is 33.5. The van der Waals surface area contributed by atoms with Gasteiger partial charge >= 0.3 is 0 Å². The first kappa shape index (κ1) is 82.5. The third kappa shape index (κ3) is 27.4. The Bertz CT molecular complexity index is 3530. The van der Waals surface area contributed by atoms with E-state index in [0.29, 0.717) is 68.9 Å². The van der Waals surface area contributed by atoms with Gasteiger partial charge in [-0.2, -0.15) is 0 Å². The molecule has 11 rings (SSSR count). The molecule has 0 aromatic heterocycles. The van der Waals surface area contributed by atoms with Crippen LogP contribution in [0.1, 0.15) is 120 Å². The van der Waals surface area contributed by atoms with Crippen LogP contribution in [-0.2, 0) is 25.7 Å². The van der Waals surface area contributed by atoms with Crippen molar-refractivity contribution in [3.8, 4) is 34.5 Å². The average Bonchev–Trinajstić information content (AvgIpc) is 0.833. The van der Waals surface area contributed by atoms with Crippen LogP contribution in [0, 0.1) is 43.9 Å². The number of carbonyl (C=O) groups is 3. The van der Waals surface area contributed by atoms with Crippen molar-refractivity contribution in [3.05, 3.63) is 223 Å². The largest absolute Gasteiger partial charge is 0.497 e. The number of nitrogens with zero attached hydrogens (tertiary/aromatic N) is 5. The van der Waals surface area contributed by atoms with Crippen LogP contribution in [0.4, 0.5) is 11.4 Å². The number of hydrogen-bond donors (Lipinski definition) is 3. The molecular formula is C79H108N8O13. The lowest BCUT2D eigenvalue weighted by molar-refractivity contribution is -0.445. The highest BCUT2D eigenvalue weighted by atomic mass is 16.6. The summed E-state index contributed by atoms with van der Waals surface area (Å²) in [6, 6.07) is 53.5. The van der Waals surface area contributed by atoms with Crippen LogP contribution in [0.5, 0.6) is 34.5 Å². The van der Waals surface area contributed by atoms with Crippen molar-refractivity contribution in [1.29, 1.82) is 0 Å². The van der Waals surface area contributed by atoms with Crippen LogP contribution in [0.2, 0.25) is 0 Å². The zero-order chi connectivity index (χ0) is 70.8. The smallest absolute Gasteiger partial charge is 0.257 e. The second-order valence-electron chi connectivity index (χ2n) is 24.7. The monoisotopic (exact) mass is 1380 g/mol. The Balaban J connectivity index is 0.000000276. The van der Waals surface area contributed by atoms with Crippen LogP contribution in [-0.4, -0.2) is 151 Å². The maximum Gasteiger partial charge on any atom is 0.257 e. The Morgan fingerprint density at radius 1 is 0.410 bits per heavy atom. The van der Waals surface area contributed by atoms with Gasteiger partial charge in [0.1, 0.15) is 34.5 Å². The molecule has 542 valence electrons. The van der Waals surface area contributed by atoms with E-state index in [1.165, 1.54) is 54.6 Å². The van der Waals surface area contributed by atoms with Gasteiger partial charge in [0.25, 0.3) is 17.7 Å². The summed E-state index contributed by atoms with van der Waals surface area (Å²) in [7, 11) is 11.3. The van der Waals surface area contributed by atoms with Crippen molar-refractivity contribution in [2.75, 3.05) is 121 Å². The molecule has 21 heteroatoms. The Morgan fingerprint density at radius 3 is 1.01 bits per heavy atom. The summed E-state index contributed by atoms with van der Waals surface area (Å²) in [4.78, 5) is 61.0. The van der Waals surface area contributed by atoms with E-state index in [1.807, 2.05) is 51.1 Å². The fourth-order valence-corrected chi connectivity index (χ4v) is 12.5. The van der Waals surface area contributed by atoms with Gasteiger partial charge in [-0.1, -0.05) is 106 Å². The summed E-state index contributed by atoms with van der Waals surface area (Å²) in [5.74, 6) is 6.50. The lowest BCUT2D eigenvalue weighted by Crippen LogP contribution is -2.39. The molecule has 3 amide bonds. The number of benzene rings is 7. The number of para-hydroxylation sites is 1. The van der Waals surface area contributed by atoms with E-state index >= 15 is 0 Å². The van der Waals surface area contributed by atoms with Crippen molar-refractivity contribution in [3.63, 3.8) is 0 Å². The van der Waals surface area contributed by atoms with E-state index in [-0.39, 0.29) is 32.6 Å². The van der Waals surface area contributed by atoms with Crippen molar-refractivity contribution < 1.29 is 52.7 Å². The number of rotatable bonds is 17. The summed E-state index contributed by atoms with van der Waals surface area (Å²) in [6.45, 7) is 7.06. The molecule has 4 heterocycles. The molecule has 0 saturated carbocycles. The number of nitrogens with one attached hydrogen (secondary N) is 1. The van der Waals surface area contributed by atoms with E-state index < -0.39 is 9.85 Å². The molecule has 7 aromatic carbocycles. The zero-order valence-electron chi connectivity index (χ0n) is 58.2. The third-order valence-corrected chi connectivity index (χ3v) is 17.9. The highest BCUT2D eigenvalue weighted by Gasteiger charge is 2.29. The minimum atomic E-state index is -0.500. The number of carbonyl (C=O) groups excluding carboxylic acids is 3. The molecule has 4 aliphatic rings. The second kappa shape index (κ2) is 44.2. The van der Waals surface area contributed by atoms with E-state index in [4.69, 9.17) is 60.1 Å². The minimum Gasteiger partial charge on any atom is -0.497 e. The normalized spacial score (nSPS) is 14.5. The van der Waals surface area contributed by atoms with Gasteiger partial charge in [-0.25, -0.2) is 0 Å². The quantitative estimate of drug-likeness (QED) is 0.0434. The maximum atomic E-state index is 12.9. The first-order chi connectivity index (χ1) is 47.3. The van der Waals surface area contributed by atoms with Crippen molar-refractivity contribution in [1.82, 2.24) is 20.0 Å². The summed E-state index contributed by atoms with van der Waals surface area (Å²) in [6.07, 6.45) is 13.1. The Hall–Kier alpha value is -9.89. The molecule has 0 radical (unpaired) electrons. The third-order valence-electron chi connectivity index (χ3n) is 17.9. The molecule has 5 N–H and O–H groups in total. The summed E-state index contributed by atoms with van der Waals surface area (Å²) < 4.78 is 31.7. The summed E-state index contributed by atoms with van der Waals surface area (Å²) >= 11 is 0. The number of methoxy groups -OCH3 is 6. The molecule has 0 spiro atoms. The fraction of sp³-hybridized carbons (Fsp3) is 0.430. The molecule has 4 saturated heterocycles. The minimum absolute atomic E-state index is 0. The highest BCUT2D eigenvalue weighted by Crippen LogP contribution is 2.33. The Labute approximate surface area is 592 Å². The molecule has 100 heavy (non-hydrogen) atoms. The Morgan fingerprint density at radius 2 is 0.700 bits per heavy atom. The number of ether oxygens (including phenoxy) is 6. The van der Waals surface area contributed by atoms with E-state index in [9.17, 15) is 14.4 Å². The van der Waals surface area contributed by atoms with Gasteiger partial charge in [0, 0.05) is 78.7 Å². The van der Waals surface area contributed by atoms with Gasteiger partial charge in [0.15, 0.2) is 14.1 Å². The lowest BCUT2D eigenvalue weighted by Gasteiger charge is -2.32. The van der Waals surface area contributed by atoms with Crippen LogP contribution < -0.4 is 45.2 Å². The fourth-order valence-electron chi connectivity index (χ4n) is 12.5. The molecule has 0 unspecified atom stereocenters. The van der Waals surface area contributed by atoms with Crippen molar-refractivity contribution in [2.24, 2.45) is 23.7 Å². The predicted molar refractivity (Wildman–Crippen MR) is 399 cm³/mol. The highest BCUT2D eigenvalue weighted by molar-refractivity contribution is 5.98. The molecule has 21 nitrogen and oxygen atoms in total. The molecule has 4 aliphatic heterocycles. The van der Waals surface area contributed by atoms with Gasteiger partial charge in [0.05, 0.1) is 59.3 Å². The number of piperidine rings is 4. The molecule has 4 fully saturated rings. The van der Waals surface area contributed by atoms with E-state index in [0.717, 1.165) is 128 Å². The Kier molecular flexibility index (Phi) is 36.5. The number of hydrogen-bond acceptors (Lipinski definition) is 16. The predicted octanol–water partition coefficient (Wildman–Crippen LogP) is 13.8. The standard InChI is InChI=1S/2C21H26N2O3.C21H25NO3.C12H17N.2CH3NO2.2CH4/c1-25-18-7-8-19(20(14-18)26-2)21(24)23-11-9-16(10-12-23)13-15-3-5-17(22)6-4-15;1-25-17-7-8-18(20(14-17)26-2)21(24)23-11-9-15(10-12-23)13-16-5-3-4-6-19(16)22;1-24-18-8-9-19(20(15-18)25-2)21(23)22-12-10-17(11-13-22)14-16-6-4-3-5-7-16;1-2-4-11(5-3-1)10-12-6-8-13-9-7-12;2*1-2(3)4;;/h3-8,14,16H,9-13,22H2,1-2H3;3-8,14-15H,9-13,22H2,1-2H3;3-9,15,17H,10-14H2,1-2H3;1-5,12-13H,6-10H2;2*1H3;2*1H4. The SMILES string of the molecule is C.C.COc1ccc(C(=O)N2CCC(Cc3ccc(N)cc3)CC2)c(OC)c1.COc1ccc(C(=O)N2CCC(Cc3ccccc3)CC2)c(OC)c1.COc1ccc(C(=O)N2CCC(Cc3ccccc3N)CC2)c(OC)c1.C[N+](=O)[O-].C[N+](=O)[O-].c1ccc(CC2CCNCC2)cc1. The van der Waals surface area contributed by atoms with Gasteiger partial charge in [0.2, 0.25) is 0 Å². The van der Waals surface area contributed by atoms with E-state index in [2.05, 4.69) is 78.1 Å². The van der Waals surface area contributed by atoms with Crippen LogP contribution in [0.15, 0.2) is 164 Å². The lowest BCUT2D eigenvalue weighted by atomic mass is 9.89. The average molecular weight is 1380 g/mol. The van der Waals surface area contributed by atoms with Crippen LogP contribution in [0.25, 0.3) is 0 Å². The number of amides is 3. The van der Waals surface area contributed by atoms with E-state index in [1.54, 1.807) is 97.3 Å². The summed E-state index contributed by atoms with van der Waals surface area (Å²) in [5.41, 5.74) is 20.6. The van der Waals surface area contributed by atoms with Crippen molar-refractivity contribution in [2.45, 2.75) is 91.9 Å². The summed E-state index contributed by atoms with van der Waals surface area (Å²) in [5, 5.41) is 21.0. The van der Waals surface area contributed by atoms with Gasteiger partial charge in [-0.3, -0.25) is 34.6 Å². The number of nitro groups is 2. The zero-order valence-corrected chi connectivity index (χ0v) is 58.2. The van der Waals surface area contributed by atoms with Crippen LogP contribution in [0.3, 0.4) is 0 Å². The molecule has 7 aromatic rings. The topological polar surface area (TPSA) is 267 Å². The molecule has 0 atom stereocenters. The van der Waals surface area contributed by atoms with Gasteiger partial charge in [-0.15, -0.1) is 0 Å².